The molecule has 1 saturated carbocycles. The monoisotopic (exact) mass is 948 g/mol. The Bertz CT molecular complexity index is 2620. The van der Waals surface area contributed by atoms with Gasteiger partial charge in [0, 0.05) is 18.7 Å². The Labute approximate surface area is 377 Å². The summed E-state index contributed by atoms with van der Waals surface area (Å²) in [6, 6.07) is 20.5. The van der Waals surface area contributed by atoms with Crippen molar-refractivity contribution in [2.75, 3.05) is 6.61 Å². The van der Waals surface area contributed by atoms with E-state index in [0.29, 0.717) is 59.4 Å². The SMILES string of the molecule is CC1CCC(c2ccc(-c3cc(F)c(-c4ccc(OC(F)(F)F)c(F)c4)c(F)c3)cc2)CC1.CC1CCC(c2ccc(-c3cc(F)c(C(F)(F)Oc4cc(F)c(F)c(F)c4)c(F)c3)cc2)OC1. The molecule has 0 N–H and O–H groups in total. The van der Waals surface area contributed by atoms with Gasteiger partial charge in [-0.15, -0.1) is 13.2 Å². The van der Waals surface area contributed by atoms with Gasteiger partial charge in [-0.2, -0.15) is 8.78 Å². The molecule has 2 fully saturated rings. The van der Waals surface area contributed by atoms with Crippen LogP contribution < -0.4 is 9.47 Å². The summed E-state index contributed by atoms with van der Waals surface area (Å²) < 4.78 is 192. The van der Waals surface area contributed by atoms with Gasteiger partial charge in [-0.3, -0.25) is 0 Å². The highest BCUT2D eigenvalue weighted by molar-refractivity contribution is 5.72. The van der Waals surface area contributed by atoms with Crippen molar-refractivity contribution in [3.05, 3.63) is 166 Å². The second-order valence-electron chi connectivity index (χ2n) is 16.8. The summed E-state index contributed by atoms with van der Waals surface area (Å²) in [5.74, 6) is -12.5. The molecule has 67 heavy (non-hydrogen) atoms. The Kier molecular flexibility index (Phi) is 14.6. The van der Waals surface area contributed by atoms with Gasteiger partial charge in [0.1, 0.15) is 34.6 Å². The van der Waals surface area contributed by atoms with Crippen LogP contribution in [-0.2, 0) is 10.8 Å². The lowest BCUT2D eigenvalue weighted by Gasteiger charge is -2.27. The van der Waals surface area contributed by atoms with E-state index >= 15 is 0 Å². The Morgan fingerprint density at radius 1 is 0.463 bits per heavy atom. The standard InChI is InChI=1S/C26H22F6O.C25H19F7O2/c1-15-2-4-16(5-3-15)17-6-8-18(9-7-17)20-13-22(28)25(23(29)14-20)19-10-11-24(21(27)12-19)33-26(30,31)32;1-13-2-7-22(33-12-13)15-5-3-14(4-6-15)16-8-18(26)23(19(27)9-16)25(31,32)34-17-10-20(28)24(30)21(29)11-17/h6-16H,2-5H2,1H3;3-6,8-11,13,22H,2,7,12H2,1H3. The molecular formula is C51H41F13O3. The van der Waals surface area contributed by atoms with E-state index in [4.69, 9.17) is 4.74 Å². The maximum Gasteiger partial charge on any atom is 0.573 e. The fourth-order valence-corrected chi connectivity index (χ4v) is 8.26. The number of halogens is 13. The van der Waals surface area contributed by atoms with Gasteiger partial charge < -0.3 is 14.2 Å². The van der Waals surface area contributed by atoms with Gasteiger partial charge >= 0.3 is 12.5 Å². The fourth-order valence-electron chi connectivity index (χ4n) is 8.26. The molecule has 6 aromatic rings. The zero-order valence-corrected chi connectivity index (χ0v) is 35.7. The molecule has 1 heterocycles. The van der Waals surface area contributed by atoms with Crippen LogP contribution in [0.5, 0.6) is 11.5 Å². The first-order valence-electron chi connectivity index (χ1n) is 21.2. The smallest absolute Gasteiger partial charge is 0.429 e. The first kappa shape index (κ1) is 48.9. The van der Waals surface area contributed by atoms with E-state index in [-0.39, 0.29) is 29.4 Å². The van der Waals surface area contributed by atoms with Crippen LogP contribution in [0.1, 0.15) is 81.1 Å². The molecule has 0 radical (unpaired) electrons. The minimum absolute atomic E-state index is 0.00171. The van der Waals surface area contributed by atoms with Crippen molar-refractivity contribution >= 4 is 0 Å². The van der Waals surface area contributed by atoms with Crippen LogP contribution in [0.4, 0.5) is 57.1 Å². The summed E-state index contributed by atoms with van der Waals surface area (Å²) in [4.78, 5) is 0. The number of hydrogen-bond donors (Lipinski definition) is 0. The van der Waals surface area contributed by atoms with Crippen LogP contribution in [-0.4, -0.2) is 13.0 Å². The fraction of sp³-hybridized carbons (Fsp3) is 0.294. The number of rotatable bonds is 9. The molecule has 0 bridgehead atoms. The Morgan fingerprint density at radius 3 is 1.43 bits per heavy atom. The second kappa shape index (κ2) is 20.1. The minimum atomic E-state index is -5.08. The van der Waals surface area contributed by atoms with E-state index in [1.165, 1.54) is 18.4 Å². The van der Waals surface area contributed by atoms with Crippen molar-refractivity contribution in [3.8, 4) is 44.9 Å². The molecule has 1 aliphatic heterocycles. The average Bonchev–Trinajstić information content (AvgIpc) is 3.26. The predicted octanol–water partition coefficient (Wildman–Crippen LogP) is 16.3. The first-order chi connectivity index (χ1) is 31.6. The third-order valence-electron chi connectivity index (χ3n) is 11.9. The molecule has 1 aliphatic carbocycles. The van der Waals surface area contributed by atoms with Crippen LogP contribution in [0.2, 0.25) is 0 Å². The normalized spacial score (nSPS) is 18.8. The van der Waals surface area contributed by atoms with Crippen LogP contribution in [0.25, 0.3) is 33.4 Å². The minimum Gasteiger partial charge on any atom is -0.429 e. The van der Waals surface area contributed by atoms with Crippen LogP contribution in [0.3, 0.4) is 0 Å². The summed E-state index contributed by atoms with van der Waals surface area (Å²) in [6.45, 7) is 4.99. The van der Waals surface area contributed by atoms with Gasteiger partial charge in [0.15, 0.2) is 29.0 Å². The zero-order chi connectivity index (χ0) is 48.4. The van der Waals surface area contributed by atoms with Crippen LogP contribution >= 0.6 is 0 Å². The molecule has 0 spiro atoms. The molecule has 0 aromatic heterocycles. The van der Waals surface area contributed by atoms with E-state index < -0.39 is 81.6 Å². The quantitative estimate of drug-likeness (QED) is 0.107. The van der Waals surface area contributed by atoms with Crippen LogP contribution in [0, 0.1) is 58.4 Å². The third-order valence-corrected chi connectivity index (χ3v) is 11.9. The number of ether oxygens (including phenoxy) is 3. The highest BCUT2D eigenvalue weighted by Crippen LogP contribution is 2.40. The first-order valence-corrected chi connectivity index (χ1v) is 21.2. The topological polar surface area (TPSA) is 27.7 Å². The van der Waals surface area contributed by atoms with Gasteiger partial charge in [-0.05, 0) is 119 Å². The van der Waals surface area contributed by atoms with Gasteiger partial charge in [0.05, 0.1) is 11.7 Å². The largest absolute Gasteiger partial charge is 0.573 e. The molecule has 8 rings (SSSR count). The van der Waals surface area contributed by atoms with E-state index in [1.807, 2.05) is 24.3 Å². The van der Waals surface area contributed by atoms with Crippen molar-refractivity contribution in [2.24, 2.45) is 11.8 Å². The lowest BCUT2D eigenvalue weighted by molar-refractivity contribution is -0.275. The lowest BCUT2D eigenvalue weighted by Crippen LogP contribution is -2.25. The Morgan fingerprint density at radius 2 is 0.940 bits per heavy atom. The Balaban J connectivity index is 0.000000199. The molecule has 0 amide bonds. The van der Waals surface area contributed by atoms with E-state index in [9.17, 15) is 57.1 Å². The Hall–Kier alpha value is -6.03. The van der Waals surface area contributed by atoms with Crippen molar-refractivity contribution in [1.29, 1.82) is 0 Å². The molecule has 1 saturated heterocycles. The molecule has 2 atom stereocenters. The second-order valence-corrected chi connectivity index (χ2v) is 16.8. The van der Waals surface area contributed by atoms with Crippen molar-refractivity contribution in [2.45, 2.75) is 76.9 Å². The van der Waals surface area contributed by atoms with Gasteiger partial charge in [0.2, 0.25) is 0 Å². The highest BCUT2D eigenvalue weighted by atomic mass is 19.4. The van der Waals surface area contributed by atoms with E-state index in [1.54, 1.807) is 24.3 Å². The molecule has 2 aliphatic rings. The molecule has 3 nitrogen and oxygen atoms in total. The third kappa shape index (κ3) is 11.7. The summed E-state index contributed by atoms with van der Waals surface area (Å²) in [7, 11) is 0. The number of hydrogen-bond acceptors (Lipinski definition) is 3. The maximum absolute atomic E-state index is 14.8. The lowest BCUT2D eigenvalue weighted by atomic mass is 9.79. The summed E-state index contributed by atoms with van der Waals surface area (Å²) in [5.41, 5.74) is 0.925. The van der Waals surface area contributed by atoms with E-state index in [2.05, 4.69) is 23.3 Å². The summed E-state index contributed by atoms with van der Waals surface area (Å²) in [5, 5.41) is 0. The van der Waals surface area contributed by atoms with Crippen molar-refractivity contribution in [3.63, 3.8) is 0 Å². The predicted molar refractivity (Wildman–Crippen MR) is 224 cm³/mol. The summed E-state index contributed by atoms with van der Waals surface area (Å²) >= 11 is 0. The van der Waals surface area contributed by atoms with Gasteiger partial charge in [0.25, 0.3) is 0 Å². The molecule has 2 unspecified atom stereocenters. The van der Waals surface area contributed by atoms with Crippen molar-refractivity contribution in [1.82, 2.24) is 0 Å². The number of alkyl halides is 5. The van der Waals surface area contributed by atoms with Gasteiger partial charge in [-0.1, -0.05) is 81.3 Å². The maximum atomic E-state index is 14.8. The summed E-state index contributed by atoms with van der Waals surface area (Å²) in [6.07, 6.45) is -3.31. The van der Waals surface area contributed by atoms with E-state index in [0.717, 1.165) is 55.4 Å². The highest BCUT2D eigenvalue weighted by Gasteiger charge is 2.42. The molecule has 354 valence electrons. The van der Waals surface area contributed by atoms with Crippen LogP contribution in [0.15, 0.2) is 103 Å². The average molecular weight is 949 g/mol. The van der Waals surface area contributed by atoms with Gasteiger partial charge in [-0.25, -0.2) is 35.1 Å². The van der Waals surface area contributed by atoms with Crippen molar-refractivity contribution < 1.29 is 71.3 Å². The molecular weight excluding hydrogens is 908 g/mol. The number of benzene rings is 6. The molecule has 6 aromatic carbocycles. The zero-order valence-electron chi connectivity index (χ0n) is 35.7. The molecule has 16 heteroatoms.